The maximum atomic E-state index is 11.5. The van der Waals surface area contributed by atoms with Gasteiger partial charge in [-0.15, -0.1) is 11.3 Å². The Morgan fingerprint density at radius 3 is 2.67 bits per heavy atom. The molecule has 0 atom stereocenters. The molecule has 0 bridgehead atoms. The third-order valence-corrected chi connectivity index (χ3v) is 2.93. The third-order valence-electron chi connectivity index (χ3n) is 2.06. The van der Waals surface area contributed by atoms with Gasteiger partial charge in [0.2, 0.25) is 0 Å². The molecule has 2 amide bonds. The van der Waals surface area contributed by atoms with Crippen LogP contribution >= 0.6 is 11.3 Å². The van der Waals surface area contributed by atoms with E-state index in [1.54, 1.807) is 19.5 Å². The number of hydrogen-bond acceptors (Lipinski definition) is 4. The molecule has 0 aliphatic carbocycles. The van der Waals surface area contributed by atoms with Crippen LogP contribution in [0.1, 0.15) is 23.7 Å². The Kier molecular flexibility index (Phi) is 4.96. The fraction of sp³-hybridized carbons (Fsp3) is 0.455. The summed E-state index contributed by atoms with van der Waals surface area (Å²) in [5, 5.41) is 13.6. The predicted octanol–water partition coefficient (Wildman–Crippen LogP) is 2.33. The van der Waals surface area contributed by atoms with Crippen LogP contribution in [-0.4, -0.2) is 42.7 Å². The number of nitrogens with one attached hydrogen (secondary N) is 1. The summed E-state index contributed by atoms with van der Waals surface area (Å²) in [6.07, 6.45) is 0.786. The number of hydrogen-bond donors (Lipinski definition) is 2. The first-order valence-electron chi connectivity index (χ1n) is 5.43. The fourth-order valence-electron chi connectivity index (χ4n) is 1.16. The molecule has 2 N–H and O–H groups in total. The lowest BCUT2D eigenvalue weighted by molar-refractivity contribution is 0.0694. The molecule has 0 radical (unpaired) electrons. The van der Waals surface area contributed by atoms with E-state index < -0.39 is 5.97 Å². The van der Waals surface area contributed by atoms with E-state index in [-0.39, 0.29) is 16.6 Å². The molecule has 0 fully saturated rings. The van der Waals surface area contributed by atoms with E-state index in [1.807, 2.05) is 6.92 Å². The first-order valence-corrected chi connectivity index (χ1v) is 6.31. The van der Waals surface area contributed by atoms with Crippen LogP contribution in [0.3, 0.4) is 0 Å². The van der Waals surface area contributed by atoms with Crippen molar-refractivity contribution in [2.24, 2.45) is 0 Å². The molecule has 1 aromatic heterocycles. The first kappa shape index (κ1) is 14.3. The number of rotatable bonds is 5. The van der Waals surface area contributed by atoms with Crippen molar-refractivity contribution in [3.05, 3.63) is 10.9 Å². The summed E-state index contributed by atoms with van der Waals surface area (Å²) >= 11 is 1.14. The first-order chi connectivity index (χ1) is 8.47. The van der Waals surface area contributed by atoms with E-state index >= 15 is 0 Å². The summed E-state index contributed by atoms with van der Waals surface area (Å²) in [6, 6.07) is -0.374. The second kappa shape index (κ2) is 6.25. The highest BCUT2D eigenvalue weighted by Crippen LogP contribution is 2.34. The molecular formula is C11H16N2O4S. The Labute approximate surface area is 109 Å². The molecule has 0 aliphatic rings. The van der Waals surface area contributed by atoms with Crippen LogP contribution in [0, 0.1) is 0 Å². The van der Waals surface area contributed by atoms with Gasteiger partial charge in [0, 0.05) is 19.5 Å². The summed E-state index contributed by atoms with van der Waals surface area (Å²) in [6.45, 7) is 2.37. The van der Waals surface area contributed by atoms with Gasteiger partial charge in [0.15, 0.2) is 0 Å². The summed E-state index contributed by atoms with van der Waals surface area (Å²) in [4.78, 5) is 24.0. The van der Waals surface area contributed by atoms with Gasteiger partial charge in [-0.1, -0.05) is 6.92 Å². The Hall–Kier alpha value is -1.76. The molecule has 1 aromatic rings. The molecule has 7 heteroatoms. The molecule has 0 aromatic carbocycles. The normalized spacial score (nSPS) is 9.94. The van der Waals surface area contributed by atoms with Crippen molar-refractivity contribution in [1.29, 1.82) is 0 Å². The lowest BCUT2D eigenvalue weighted by Crippen LogP contribution is -2.27. The fourth-order valence-corrected chi connectivity index (χ4v) is 2.03. The molecule has 18 heavy (non-hydrogen) atoms. The van der Waals surface area contributed by atoms with E-state index in [0.717, 1.165) is 17.8 Å². The molecule has 0 spiro atoms. The third kappa shape index (κ3) is 3.36. The number of thiophene rings is 1. The average Bonchev–Trinajstić information content (AvgIpc) is 2.69. The zero-order valence-corrected chi connectivity index (χ0v) is 11.3. The highest BCUT2D eigenvalue weighted by molar-refractivity contribution is 7.15. The number of ether oxygens (including phenoxy) is 1. The zero-order chi connectivity index (χ0) is 13.7. The van der Waals surface area contributed by atoms with Crippen LogP contribution in [0.4, 0.5) is 9.80 Å². The van der Waals surface area contributed by atoms with Crippen molar-refractivity contribution in [1.82, 2.24) is 4.90 Å². The molecule has 1 rings (SSSR count). The van der Waals surface area contributed by atoms with Crippen molar-refractivity contribution < 1.29 is 19.4 Å². The van der Waals surface area contributed by atoms with E-state index in [4.69, 9.17) is 9.84 Å². The Morgan fingerprint density at radius 1 is 1.50 bits per heavy atom. The van der Waals surface area contributed by atoms with Gasteiger partial charge < -0.3 is 14.7 Å². The number of anilines is 1. The Balaban J connectivity index is 2.95. The van der Waals surface area contributed by atoms with Crippen LogP contribution in [0.2, 0.25) is 0 Å². The topological polar surface area (TPSA) is 78.9 Å². The van der Waals surface area contributed by atoms with E-state index in [1.165, 1.54) is 4.90 Å². The molecular weight excluding hydrogens is 256 g/mol. The van der Waals surface area contributed by atoms with Crippen molar-refractivity contribution in [3.63, 3.8) is 0 Å². The molecule has 0 saturated heterocycles. The largest absolute Gasteiger partial charge is 0.492 e. The summed E-state index contributed by atoms with van der Waals surface area (Å²) in [7, 11) is 3.16. The number of amides is 2. The van der Waals surface area contributed by atoms with Crippen LogP contribution in [0.5, 0.6) is 5.75 Å². The smallest absolute Gasteiger partial charge is 0.342 e. The van der Waals surface area contributed by atoms with Crippen LogP contribution in [0.25, 0.3) is 0 Å². The Morgan fingerprint density at radius 2 is 2.17 bits per heavy atom. The van der Waals surface area contributed by atoms with Gasteiger partial charge in [-0.3, -0.25) is 5.32 Å². The Bertz CT molecular complexity index is 442. The number of aromatic carboxylic acids is 1. The lowest BCUT2D eigenvalue weighted by atomic mass is 10.3. The molecule has 1 heterocycles. The minimum atomic E-state index is -1.11. The van der Waals surface area contributed by atoms with Crippen LogP contribution in [-0.2, 0) is 0 Å². The zero-order valence-electron chi connectivity index (χ0n) is 10.5. The highest BCUT2D eigenvalue weighted by atomic mass is 32.1. The second-order valence-electron chi connectivity index (χ2n) is 3.78. The number of carbonyl (C=O) groups is 2. The number of carboxylic acids is 1. The van der Waals surface area contributed by atoms with Gasteiger partial charge in [0.25, 0.3) is 0 Å². The molecule has 0 unspecified atom stereocenters. The lowest BCUT2D eigenvalue weighted by Gasteiger charge is -2.11. The highest BCUT2D eigenvalue weighted by Gasteiger charge is 2.21. The van der Waals surface area contributed by atoms with Crippen molar-refractivity contribution in [2.45, 2.75) is 13.3 Å². The van der Waals surface area contributed by atoms with Gasteiger partial charge in [0.05, 0.1) is 6.61 Å². The summed E-state index contributed by atoms with van der Waals surface area (Å²) in [5.41, 5.74) is 0.00338. The number of nitrogens with zero attached hydrogens (tertiary/aromatic N) is 1. The minimum absolute atomic E-state index is 0.00338. The summed E-state index contributed by atoms with van der Waals surface area (Å²) < 4.78 is 5.33. The van der Waals surface area contributed by atoms with Crippen molar-refractivity contribution in [2.75, 3.05) is 26.0 Å². The van der Waals surface area contributed by atoms with Crippen LogP contribution < -0.4 is 10.1 Å². The van der Waals surface area contributed by atoms with Crippen LogP contribution in [0.15, 0.2) is 5.38 Å². The maximum absolute atomic E-state index is 11.5. The molecule has 0 saturated carbocycles. The molecule has 6 nitrogen and oxygen atoms in total. The number of carboxylic acid groups (broad SMARTS) is 1. The number of carbonyl (C=O) groups excluding carboxylic acids is 1. The number of urea groups is 1. The van der Waals surface area contributed by atoms with E-state index in [2.05, 4.69) is 5.32 Å². The van der Waals surface area contributed by atoms with E-state index in [9.17, 15) is 9.59 Å². The predicted molar refractivity (Wildman–Crippen MR) is 69.8 cm³/mol. The summed E-state index contributed by atoms with van der Waals surface area (Å²) in [5.74, 6) is -0.820. The van der Waals surface area contributed by atoms with Crippen molar-refractivity contribution in [3.8, 4) is 5.75 Å². The molecule has 100 valence electrons. The van der Waals surface area contributed by atoms with Gasteiger partial charge in [-0.05, 0) is 6.42 Å². The monoisotopic (exact) mass is 272 g/mol. The van der Waals surface area contributed by atoms with E-state index in [0.29, 0.717) is 12.4 Å². The molecule has 0 aliphatic heterocycles. The van der Waals surface area contributed by atoms with Gasteiger partial charge in [0.1, 0.15) is 16.3 Å². The standard InChI is InChI=1S/C11H16N2O4S/c1-4-5-17-7-6-18-9(8(7)10(14)15)12-11(16)13(2)3/h6H,4-5H2,1-3H3,(H,12,16)(H,14,15). The van der Waals surface area contributed by atoms with Gasteiger partial charge in [-0.2, -0.15) is 0 Å². The SMILES string of the molecule is CCCOc1csc(NC(=O)N(C)C)c1C(=O)O. The second-order valence-corrected chi connectivity index (χ2v) is 4.66. The van der Waals surface area contributed by atoms with Gasteiger partial charge >= 0.3 is 12.0 Å². The minimum Gasteiger partial charge on any atom is -0.492 e. The van der Waals surface area contributed by atoms with Crippen molar-refractivity contribution >= 4 is 28.3 Å². The van der Waals surface area contributed by atoms with Gasteiger partial charge in [-0.25, -0.2) is 9.59 Å². The quantitative estimate of drug-likeness (QED) is 0.862. The average molecular weight is 272 g/mol. The maximum Gasteiger partial charge on any atom is 0.342 e.